The zero-order valence-electron chi connectivity index (χ0n) is 15.5. The zero-order valence-corrected chi connectivity index (χ0v) is 15.5. The van der Waals surface area contributed by atoms with Gasteiger partial charge in [0.1, 0.15) is 0 Å². The van der Waals surface area contributed by atoms with Crippen LogP contribution in [0.2, 0.25) is 0 Å². The summed E-state index contributed by atoms with van der Waals surface area (Å²) in [5, 5.41) is 12.7. The van der Waals surface area contributed by atoms with Gasteiger partial charge < -0.3 is 20.9 Å². The van der Waals surface area contributed by atoms with Crippen molar-refractivity contribution in [3.63, 3.8) is 0 Å². The summed E-state index contributed by atoms with van der Waals surface area (Å²) >= 11 is 0. The van der Waals surface area contributed by atoms with Crippen LogP contribution in [-0.4, -0.2) is 44.1 Å². The highest BCUT2D eigenvalue weighted by atomic mass is 16.5. The second-order valence-electron chi connectivity index (χ2n) is 6.61. The maximum atomic E-state index is 9.64. The van der Waals surface area contributed by atoms with Crippen LogP contribution in [0.4, 0.5) is 0 Å². The first-order valence-corrected chi connectivity index (χ1v) is 9.97. The van der Waals surface area contributed by atoms with Crippen molar-refractivity contribution in [2.24, 2.45) is 5.73 Å². The molecule has 0 bridgehead atoms. The number of unbranched alkanes of at least 4 members (excludes halogenated alkanes) is 11. The van der Waals surface area contributed by atoms with Crippen LogP contribution in [0.5, 0.6) is 0 Å². The predicted molar refractivity (Wildman–Crippen MR) is 99.8 cm³/mol. The lowest BCUT2D eigenvalue weighted by molar-refractivity contribution is 0.0356. The molecule has 4 N–H and O–H groups in total. The number of hydrogen-bond acceptors (Lipinski definition) is 4. The van der Waals surface area contributed by atoms with Gasteiger partial charge in [-0.05, 0) is 6.42 Å². The fourth-order valence-electron chi connectivity index (χ4n) is 2.69. The van der Waals surface area contributed by atoms with Gasteiger partial charge >= 0.3 is 0 Å². The Morgan fingerprint density at radius 3 is 1.91 bits per heavy atom. The Labute approximate surface area is 144 Å². The second-order valence-corrected chi connectivity index (χ2v) is 6.61. The van der Waals surface area contributed by atoms with Gasteiger partial charge in [0.2, 0.25) is 0 Å². The van der Waals surface area contributed by atoms with E-state index >= 15 is 0 Å². The first-order chi connectivity index (χ1) is 11.3. The van der Waals surface area contributed by atoms with Crippen molar-refractivity contribution in [2.45, 2.75) is 90.1 Å². The molecule has 0 saturated carbocycles. The van der Waals surface area contributed by atoms with Gasteiger partial charge in [0.25, 0.3) is 0 Å². The molecular weight excluding hydrogens is 288 g/mol. The largest absolute Gasteiger partial charge is 0.389 e. The Kier molecular flexibility index (Phi) is 19.7. The molecule has 0 aliphatic rings. The van der Waals surface area contributed by atoms with E-state index in [0.717, 1.165) is 19.6 Å². The molecule has 140 valence electrons. The van der Waals surface area contributed by atoms with Gasteiger partial charge in [-0.1, -0.05) is 77.6 Å². The van der Waals surface area contributed by atoms with Gasteiger partial charge in [0, 0.05) is 26.2 Å². The average molecular weight is 331 g/mol. The maximum Gasteiger partial charge on any atom is 0.0897 e. The van der Waals surface area contributed by atoms with E-state index in [2.05, 4.69) is 12.2 Å². The minimum atomic E-state index is -0.418. The van der Waals surface area contributed by atoms with Crippen molar-refractivity contribution in [2.75, 3.05) is 32.8 Å². The Bertz CT molecular complexity index is 216. The monoisotopic (exact) mass is 330 g/mol. The van der Waals surface area contributed by atoms with E-state index in [9.17, 15) is 5.11 Å². The molecule has 23 heavy (non-hydrogen) atoms. The third-order valence-electron chi connectivity index (χ3n) is 4.15. The van der Waals surface area contributed by atoms with Gasteiger partial charge in [-0.25, -0.2) is 0 Å². The molecule has 0 heterocycles. The van der Waals surface area contributed by atoms with E-state index in [-0.39, 0.29) is 0 Å². The van der Waals surface area contributed by atoms with Crippen LogP contribution in [0.15, 0.2) is 0 Å². The highest BCUT2D eigenvalue weighted by Crippen LogP contribution is 2.11. The topological polar surface area (TPSA) is 67.5 Å². The molecular formula is C19H42N2O2. The molecule has 4 nitrogen and oxygen atoms in total. The third kappa shape index (κ3) is 19.8. The molecule has 0 spiro atoms. The molecule has 0 radical (unpaired) electrons. The molecule has 0 amide bonds. The Morgan fingerprint density at radius 2 is 1.39 bits per heavy atom. The van der Waals surface area contributed by atoms with E-state index in [1.54, 1.807) is 0 Å². The first-order valence-electron chi connectivity index (χ1n) is 9.97. The van der Waals surface area contributed by atoms with E-state index in [1.165, 1.54) is 70.6 Å². The number of rotatable bonds is 19. The summed E-state index contributed by atoms with van der Waals surface area (Å²) in [5.74, 6) is 0. The molecule has 4 heteroatoms. The first kappa shape index (κ1) is 22.8. The zero-order chi connectivity index (χ0) is 17.0. The summed E-state index contributed by atoms with van der Waals surface area (Å²) in [7, 11) is 0. The molecule has 0 rings (SSSR count). The number of aliphatic hydroxyl groups excluding tert-OH is 1. The molecule has 0 aliphatic heterocycles. The minimum absolute atomic E-state index is 0.418. The standard InChI is InChI=1S/C19H42N2O2/c1-2-3-4-5-6-7-8-9-10-11-12-13-16-23-18-19(22)17-21-15-14-20/h19,21-22H,2-18,20H2,1H3. The van der Waals surface area contributed by atoms with E-state index in [0.29, 0.717) is 19.7 Å². The minimum Gasteiger partial charge on any atom is -0.389 e. The van der Waals surface area contributed by atoms with Gasteiger partial charge in [-0.15, -0.1) is 0 Å². The van der Waals surface area contributed by atoms with Crippen LogP contribution in [0, 0.1) is 0 Å². The van der Waals surface area contributed by atoms with Crippen LogP contribution >= 0.6 is 0 Å². The summed E-state index contributed by atoms with van der Waals surface area (Å²) in [4.78, 5) is 0. The van der Waals surface area contributed by atoms with E-state index in [1.807, 2.05) is 0 Å². The van der Waals surface area contributed by atoms with Crippen LogP contribution in [-0.2, 0) is 4.74 Å². The smallest absolute Gasteiger partial charge is 0.0897 e. The highest BCUT2D eigenvalue weighted by Gasteiger charge is 2.02. The van der Waals surface area contributed by atoms with Gasteiger partial charge in [0.05, 0.1) is 12.7 Å². The summed E-state index contributed by atoms with van der Waals surface area (Å²) in [6, 6.07) is 0. The number of aliphatic hydroxyl groups is 1. The van der Waals surface area contributed by atoms with Crippen molar-refractivity contribution >= 4 is 0 Å². The number of nitrogens with two attached hydrogens (primary N) is 1. The van der Waals surface area contributed by atoms with Crippen molar-refractivity contribution in [3.05, 3.63) is 0 Å². The van der Waals surface area contributed by atoms with Crippen molar-refractivity contribution < 1.29 is 9.84 Å². The molecule has 1 unspecified atom stereocenters. The van der Waals surface area contributed by atoms with Crippen LogP contribution in [0.3, 0.4) is 0 Å². The van der Waals surface area contributed by atoms with Gasteiger partial charge in [-0.3, -0.25) is 0 Å². The Balaban J connectivity index is 3.05. The lowest BCUT2D eigenvalue weighted by Gasteiger charge is -2.11. The van der Waals surface area contributed by atoms with Crippen molar-refractivity contribution in [1.82, 2.24) is 5.32 Å². The van der Waals surface area contributed by atoms with Crippen molar-refractivity contribution in [1.29, 1.82) is 0 Å². The lowest BCUT2D eigenvalue weighted by Crippen LogP contribution is -2.33. The van der Waals surface area contributed by atoms with Crippen molar-refractivity contribution in [3.8, 4) is 0 Å². The molecule has 0 aromatic carbocycles. The van der Waals surface area contributed by atoms with E-state index < -0.39 is 6.10 Å². The van der Waals surface area contributed by atoms with Crippen LogP contribution in [0.1, 0.15) is 84.0 Å². The summed E-state index contributed by atoms with van der Waals surface area (Å²) in [6.45, 7) is 5.38. The molecule has 1 atom stereocenters. The van der Waals surface area contributed by atoms with Gasteiger partial charge in [0.15, 0.2) is 0 Å². The Morgan fingerprint density at radius 1 is 0.870 bits per heavy atom. The number of hydrogen-bond donors (Lipinski definition) is 3. The van der Waals surface area contributed by atoms with Crippen LogP contribution in [0.25, 0.3) is 0 Å². The van der Waals surface area contributed by atoms with Gasteiger partial charge in [-0.2, -0.15) is 0 Å². The molecule has 0 aliphatic carbocycles. The third-order valence-corrected chi connectivity index (χ3v) is 4.15. The molecule has 0 fully saturated rings. The van der Waals surface area contributed by atoms with E-state index in [4.69, 9.17) is 10.5 Å². The molecule has 0 saturated heterocycles. The summed E-state index contributed by atoms with van der Waals surface area (Å²) in [5.41, 5.74) is 5.37. The maximum absolute atomic E-state index is 9.64. The quantitative estimate of drug-likeness (QED) is 0.316. The average Bonchev–Trinajstić information content (AvgIpc) is 2.55. The summed E-state index contributed by atoms with van der Waals surface area (Å²) < 4.78 is 5.50. The molecule has 0 aromatic rings. The number of nitrogens with one attached hydrogen (secondary N) is 1. The highest BCUT2D eigenvalue weighted by molar-refractivity contribution is 4.58. The number of ether oxygens (including phenoxy) is 1. The lowest BCUT2D eigenvalue weighted by atomic mass is 10.1. The second kappa shape index (κ2) is 19.9. The Hall–Kier alpha value is -0.160. The fraction of sp³-hybridized carbons (Fsp3) is 1.00. The fourth-order valence-corrected chi connectivity index (χ4v) is 2.69. The molecule has 0 aromatic heterocycles. The SMILES string of the molecule is CCCCCCCCCCCCCCOCC(O)CNCCN. The predicted octanol–water partition coefficient (Wildman–Crippen LogP) is 3.61. The van der Waals surface area contributed by atoms with Crippen LogP contribution < -0.4 is 11.1 Å². The summed E-state index contributed by atoms with van der Waals surface area (Å²) in [6.07, 6.45) is 15.9. The normalized spacial score (nSPS) is 12.7.